The lowest BCUT2D eigenvalue weighted by Crippen LogP contribution is -2.32. The summed E-state index contributed by atoms with van der Waals surface area (Å²) in [6.45, 7) is 6.37. The maximum Gasteiger partial charge on any atom is 0.295 e. The molecule has 1 fully saturated rings. The van der Waals surface area contributed by atoms with E-state index in [0.29, 0.717) is 30.1 Å². The summed E-state index contributed by atoms with van der Waals surface area (Å²) in [5.74, 6) is -1.12. The highest BCUT2D eigenvalue weighted by atomic mass is 16.5. The van der Waals surface area contributed by atoms with Crippen molar-refractivity contribution in [3.8, 4) is 17.2 Å². The summed E-state index contributed by atoms with van der Waals surface area (Å²) >= 11 is 0. The lowest BCUT2D eigenvalue weighted by molar-refractivity contribution is -0.140. The second-order valence-electron chi connectivity index (χ2n) is 7.27. The largest absolute Gasteiger partial charge is 0.507 e. The number of likely N-dealkylation sites (tertiary alicyclic amines) is 1. The fourth-order valence-electron chi connectivity index (χ4n) is 3.64. The highest BCUT2D eigenvalue weighted by Gasteiger charge is 2.46. The molecule has 0 bridgehead atoms. The van der Waals surface area contributed by atoms with E-state index in [-0.39, 0.29) is 36.0 Å². The summed E-state index contributed by atoms with van der Waals surface area (Å²) in [4.78, 5) is 27.2. The molecule has 2 aromatic rings. The summed E-state index contributed by atoms with van der Waals surface area (Å²) < 4.78 is 16.0. The van der Waals surface area contributed by atoms with Gasteiger partial charge in [0.05, 0.1) is 24.8 Å². The molecule has 2 N–H and O–H groups in total. The predicted octanol–water partition coefficient (Wildman–Crippen LogP) is 3.42. The van der Waals surface area contributed by atoms with Crippen LogP contribution in [0.3, 0.4) is 0 Å². The number of hydrogen-bond acceptors (Lipinski definition) is 7. The van der Waals surface area contributed by atoms with Gasteiger partial charge in [-0.15, -0.1) is 0 Å². The molecule has 1 saturated heterocycles. The van der Waals surface area contributed by atoms with Crippen LogP contribution in [0, 0.1) is 0 Å². The van der Waals surface area contributed by atoms with E-state index in [1.165, 1.54) is 18.1 Å². The average Bonchev–Trinajstić information content (AvgIpc) is 3.07. The number of amides is 1. The zero-order valence-corrected chi connectivity index (χ0v) is 18.6. The van der Waals surface area contributed by atoms with Crippen LogP contribution in [0.4, 0.5) is 0 Å². The predicted molar refractivity (Wildman–Crippen MR) is 122 cm³/mol. The number of nitrogens with zero attached hydrogens (tertiary/aromatic N) is 1. The van der Waals surface area contributed by atoms with E-state index in [1.807, 2.05) is 0 Å². The molecule has 1 aliphatic heterocycles. The molecule has 0 saturated carbocycles. The van der Waals surface area contributed by atoms with Crippen molar-refractivity contribution < 1.29 is 34.0 Å². The lowest BCUT2D eigenvalue weighted by Gasteiger charge is -2.25. The van der Waals surface area contributed by atoms with Gasteiger partial charge in [-0.1, -0.05) is 18.7 Å². The van der Waals surface area contributed by atoms with Crippen molar-refractivity contribution >= 4 is 17.4 Å². The smallest absolute Gasteiger partial charge is 0.295 e. The first kappa shape index (κ1) is 23.9. The van der Waals surface area contributed by atoms with Gasteiger partial charge in [-0.25, -0.2) is 0 Å². The molecule has 0 aromatic heterocycles. The molecule has 3 rings (SSSR count). The van der Waals surface area contributed by atoms with Crippen LogP contribution in [0.5, 0.6) is 17.2 Å². The van der Waals surface area contributed by atoms with Crippen LogP contribution < -0.4 is 9.47 Å². The van der Waals surface area contributed by atoms with Gasteiger partial charge in [-0.05, 0) is 48.9 Å². The third-order valence-electron chi connectivity index (χ3n) is 5.17. The molecular weight excluding hydrogens is 426 g/mol. The molecular formula is C25H27NO7. The maximum atomic E-state index is 13.0. The molecule has 0 radical (unpaired) electrons. The van der Waals surface area contributed by atoms with E-state index < -0.39 is 17.7 Å². The Morgan fingerprint density at radius 1 is 1.15 bits per heavy atom. The van der Waals surface area contributed by atoms with Gasteiger partial charge in [0.15, 0.2) is 11.5 Å². The Morgan fingerprint density at radius 3 is 2.52 bits per heavy atom. The minimum Gasteiger partial charge on any atom is -0.507 e. The topological polar surface area (TPSA) is 106 Å². The molecule has 1 aliphatic rings. The molecule has 1 amide bonds. The first-order valence-corrected chi connectivity index (χ1v) is 10.5. The number of phenols is 1. The number of hydrogen-bond donors (Lipinski definition) is 2. The third-order valence-corrected chi connectivity index (χ3v) is 5.17. The molecule has 0 aliphatic carbocycles. The number of ether oxygens (including phenoxy) is 3. The number of phenolic OH excluding ortho intramolecular Hbond substituents is 1. The van der Waals surface area contributed by atoms with E-state index in [1.54, 1.807) is 49.4 Å². The number of aliphatic hydroxyl groups excluding tert-OH is 1. The van der Waals surface area contributed by atoms with Crippen LogP contribution in [-0.2, 0) is 14.3 Å². The first-order valence-electron chi connectivity index (χ1n) is 10.5. The van der Waals surface area contributed by atoms with Crippen molar-refractivity contribution in [1.29, 1.82) is 0 Å². The second-order valence-corrected chi connectivity index (χ2v) is 7.27. The highest BCUT2D eigenvalue weighted by Crippen LogP contribution is 2.41. The van der Waals surface area contributed by atoms with Gasteiger partial charge in [0.1, 0.15) is 18.1 Å². The van der Waals surface area contributed by atoms with Crippen LogP contribution in [-0.4, -0.2) is 60.3 Å². The van der Waals surface area contributed by atoms with Crippen molar-refractivity contribution in [1.82, 2.24) is 4.90 Å². The molecule has 174 valence electrons. The fourth-order valence-corrected chi connectivity index (χ4v) is 3.64. The Hall–Kier alpha value is -3.78. The summed E-state index contributed by atoms with van der Waals surface area (Å²) in [5.41, 5.74) is 0.822. The van der Waals surface area contributed by atoms with Crippen LogP contribution >= 0.6 is 0 Å². The normalized spacial score (nSPS) is 17.3. The quantitative estimate of drug-likeness (QED) is 0.246. The zero-order chi connectivity index (χ0) is 24.0. The van der Waals surface area contributed by atoms with E-state index in [2.05, 4.69) is 6.58 Å². The standard InChI is InChI=1S/C25H27NO7/c1-4-13-33-18-9-6-16(7-10-18)23(28)21-22(26(12-14-31-3)25(30)24(21)29)17-8-11-19(27)20(15-17)32-5-2/h4,6-11,15,22,27-28H,1,5,12-14H2,2-3H3/t22-/m0/s1. The van der Waals surface area contributed by atoms with Gasteiger partial charge in [-0.2, -0.15) is 0 Å². The molecule has 0 unspecified atom stereocenters. The van der Waals surface area contributed by atoms with Crippen LogP contribution in [0.2, 0.25) is 0 Å². The van der Waals surface area contributed by atoms with Gasteiger partial charge >= 0.3 is 0 Å². The van der Waals surface area contributed by atoms with E-state index in [9.17, 15) is 19.8 Å². The Morgan fingerprint density at radius 2 is 1.88 bits per heavy atom. The minimum atomic E-state index is -0.878. The number of methoxy groups -OCH3 is 1. The molecule has 1 atom stereocenters. The minimum absolute atomic E-state index is 0.0519. The van der Waals surface area contributed by atoms with Gasteiger partial charge in [0, 0.05) is 19.2 Å². The van der Waals surface area contributed by atoms with Crippen LogP contribution in [0.1, 0.15) is 24.1 Å². The van der Waals surface area contributed by atoms with E-state index in [0.717, 1.165) is 0 Å². The Labute approximate surface area is 192 Å². The van der Waals surface area contributed by atoms with Gasteiger partial charge < -0.3 is 29.3 Å². The van der Waals surface area contributed by atoms with Crippen molar-refractivity contribution in [3.05, 3.63) is 71.8 Å². The fraction of sp³-hybridized carbons (Fsp3) is 0.280. The average molecular weight is 453 g/mol. The lowest BCUT2D eigenvalue weighted by atomic mass is 9.95. The second kappa shape index (κ2) is 10.7. The van der Waals surface area contributed by atoms with Gasteiger partial charge in [0.2, 0.25) is 0 Å². The molecule has 8 nitrogen and oxygen atoms in total. The number of ketones is 1. The van der Waals surface area contributed by atoms with Gasteiger partial charge in [0.25, 0.3) is 11.7 Å². The van der Waals surface area contributed by atoms with Crippen molar-refractivity contribution in [2.75, 3.05) is 33.5 Å². The highest BCUT2D eigenvalue weighted by molar-refractivity contribution is 6.46. The van der Waals surface area contributed by atoms with Gasteiger partial charge in [-0.3, -0.25) is 9.59 Å². The van der Waals surface area contributed by atoms with E-state index >= 15 is 0 Å². The Balaban J connectivity index is 2.10. The van der Waals surface area contributed by atoms with Crippen molar-refractivity contribution in [3.63, 3.8) is 0 Å². The number of Topliss-reactive ketones (excluding diaryl/α,β-unsaturated/α-hetero) is 1. The number of carbonyl (C=O) groups excluding carboxylic acids is 2. The van der Waals surface area contributed by atoms with E-state index in [4.69, 9.17) is 14.2 Å². The summed E-state index contributed by atoms with van der Waals surface area (Å²) in [6, 6.07) is 10.2. The molecule has 2 aromatic carbocycles. The molecule has 0 spiro atoms. The molecule has 33 heavy (non-hydrogen) atoms. The zero-order valence-electron chi connectivity index (χ0n) is 18.6. The first-order chi connectivity index (χ1) is 15.9. The molecule has 8 heteroatoms. The monoisotopic (exact) mass is 453 g/mol. The maximum absolute atomic E-state index is 13.0. The number of aromatic hydroxyl groups is 1. The SMILES string of the molecule is C=CCOc1ccc(C(O)=C2C(=O)C(=O)N(CCOC)[C@H]2c2ccc(O)c(OCC)c2)cc1. The van der Waals surface area contributed by atoms with Crippen LogP contribution in [0.15, 0.2) is 60.7 Å². The number of rotatable bonds is 10. The summed E-state index contributed by atoms with van der Waals surface area (Å²) in [7, 11) is 1.50. The summed E-state index contributed by atoms with van der Waals surface area (Å²) in [5, 5.41) is 21.2. The third kappa shape index (κ3) is 5.01. The van der Waals surface area contributed by atoms with Crippen LogP contribution in [0.25, 0.3) is 5.76 Å². The number of benzene rings is 2. The summed E-state index contributed by atoms with van der Waals surface area (Å²) in [6.07, 6.45) is 1.61. The van der Waals surface area contributed by atoms with Crippen molar-refractivity contribution in [2.24, 2.45) is 0 Å². The number of carbonyl (C=O) groups is 2. The Kier molecular flexibility index (Phi) is 7.74. The van der Waals surface area contributed by atoms with Crippen molar-refractivity contribution in [2.45, 2.75) is 13.0 Å². The Bertz CT molecular complexity index is 1060. The number of aliphatic hydroxyl groups is 1. The molecule has 1 heterocycles.